The van der Waals surface area contributed by atoms with E-state index in [9.17, 15) is 18.7 Å². The summed E-state index contributed by atoms with van der Waals surface area (Å²) in [6.07, 6.45) is 3.51. The number of carbonyl (C=O) groups is 1. The molecule has 158 valence electrons. The van der Waals surface area contributed by atoms with Crippen LogP contribution in [0.25, 0.3) is 5.57 Å². The first-order chi connectivity index (χ1) is 14.4. The van der Waals surface area contributed by atoms with Crippen LogP contribution in [-0.4, -0.2) is 53.7 Å². The van der Waals surface area contributed by atoms with Gasteiger partial charge in [-0.3, -0.25) is 0 Å². The molecule has 0 bridgehead atoms. The van der Waals surface area contributed by atoms with Crippen molar-refractivity contribution in [1.82, 2.24) is 15.1 Å². The fourth-order valence-electron chi connectivity index (χ4n) is 4.26. The Morgan fingerprint density at radius 1 is 1.17 bits per heavy atom. The lowest BCUT2D eigenvalue weighted by atomic mass is 10.0. The first-order valence-electron chi connectivity index (χ1n) is 10.1. The number of rotatable bonds is 3. The highest BCUT2D eigenvalue weighted by molar-refractivity contribution is 5.82. The first kappa shape index (κ1) is 20.3. The lowest BCUT2D eigenvalue weighted by molar-refractivity contribution is 0.136. The smallest absolute Gasteiger partial charge is 0.321 e. The van der Waals surface area contributed by atoms with Crippen LogP contribution in [0.4, 0.5) is 13.6 Å². The molecule has 2 aliphatic rings. The van der Waals surface area contributed by atoms with Gasteiger partial charge in [0.05, 0.1) is 6.04 Å². The third-order valence-electron chi connectivity index (χ3n) is 5.93. The van der Waals surface area contributed by atoms with Crippen molar-refractivity contribution in [1.29, 1.82) is 0 Å². The molecule has 0 radical (unpaired) electrons. The quantitative estimate of drug-likeness (QED) is 0.802. The Balaban J connectivity index is 1.68. The number of nitrogens with one attached hydrogen (secondary N) is 1. The molecule has 5 nitrogen and oxygen atoms in total. The van der Waals surface area contributed by atoms with Crippen LogP contribution in [0.15, 0.2) is 48.5 Å². The standard InChI is InChI=1S/C23H25F2N3O2/c1-27(18-7-9-26-10-8-18)23(30)28-14-16(20-13-17(24)5-6-21(20)25)12-22(28)15-3-2-4-19(29)11-15/h2-6,11-13,18,22,26,29H,7-10,14H2,1H3. The van der Waals surface area contributed by atoms with Crippen molar-refractivity contribution in [2.75, 3.05) is 26.7 Å². The summed E-state index contributed by atoms with van der Waals surface area (Å²) < 4.78 is 28.2. The summed E-state index contributed by atoms with van der Waals surface area (Å²) >= 11 is 0. The predicted octanol–water partition coefficient (Wildman–Crippen LogP) is 3.91. The number of carbonyl (C=O) groups excluding carboxylic acids is 1. The fourth-order valence-corrected chi connectivity index (χ4v) is 4.26. The van der Waals surface area contributed by atoms with E-state index in [1.807, 2.05) is 6.07 Å². The molecule has 2 aromatic carbocycles. The molecular weight excluding hydrogens is 388 g/mol. The van der Waals surface area contributed by atoms with Crippen molar-refractivity contribution in [2.24, 2.45) is 0 Å². The van der Waals surface area contributed by atoms with Crippen LogP contribution >= 0.6 is 0 Å². The monoisotopic (exact) mass is 413 g/mol. The van der Waals surface area contributed by atoms with Crippen LogP contribution in [0, 0.1) is 11.6 Å². The molecule has 0 spiro atoms. The molecule has 0 aromatic heterocycles. The van der Waals surface area contributed by atoms with Gasteiger partial charge in [-0.15, -0.1) is 0 Å². The number of urea groups is 1. The molecule has 30 heavy (non-hydrogen) atoms. The van der Waals surface area contributed by atoms with Crippen molar-refractivity contribution >= 4 is 11.6 Å². The average molecular weight is 413 g/mol. The Labute approximate surface area is 174 Å². The number of nitrogens with zero attached hydrogens (tertiary/aromatic N) is 2. The maximum Gasteiger partial charge on any atom is 0.321 e. The molecule has 1 atom stereocenters. The molecule has 0 aliphatic carbocycles. The van der Waals surface area contributed by atoms with Crippen molar-refractivity contribution in [3.63, 3.8) is 0 Å². The minimum atomic E-state index is -0.530. The second-order valence-corrected chi connectivity index (χ2v) is 7.86. The number of aromatic hydroxyl groups is 1. The van der Waals surface area contributed by atoms with Crippen LogP contribution in [0.5, 0.6) is 5.75 Å². The molecule has 1 unspecified atom stereocenters. The van der Waals surface area contributed by atoms with Gasteiger partial charge in [0, 0.05) is 25.2 Å². The van der Waals surface area contributed by atoms with Gasteiger partial charge in [-0.05, 0) is 67.4 Å². The van der Waals surface area contributed by atoms with Crippen molar-refractivity contribution in [3.8, 4) is 5.75 Å². The molecule has 2 amide bonds. The number of benzene rings is 2. The number of phenols is 1. The lowest BCUT2D eigenvalue weighted by Crippen LogP contribution is -2.49. The van der Waals surface area contributed by atoms with Gasteiger partial charge >= 0.3 is 6.03 Å². The Hall–Kier alpha value is -2.93. The van der Waals surface area contributed by atoms with Gasteiger partial charge in [0.1, 0.15) is 17.4 Å². The molecular formula is C23H25F2N3O2. The largest absolute Gasteiger partial charge is 0.508 e. The second kappa shape index (κ2) is 8.44. The average Bonchev–Trinajstić information content (AvgIpc) is 3.20. The van der Waals surface area contributed by atoms with E-state index < -0.39 is 17.7 Å². The van der Waals surface area contributed by atoms with Crippen LogP contribution in [0.1, 0.15) is 30.0 Å². The molecule has 0 saturated carbocycles. The lowest BCUT2D eigenvalue weighted by Gasteiger charge is -2.36. The highest BCUT2D eigenvalue weighted by atomic mass is 19.1. The first-order valence-corrected chi connectivity index (χ1v) is 10.1. The topological polar surface area (TPSA) is 55.8 Å². The van der Waals surface area contributed by atoms with E-state index in [0.29, 0.717) is 11.1 Å². The summed E-state index contributed by atoms with van der Waals surface area (Å²) in [5.41, 5.74) is 1.42. The Morgan fingerprint density at radius 3 is 2.67 bits per heavy atom. The fraction of sp³-hybridized carbons (Fsp3) is 0.348. The predicted molar refractivity (Wildman–Crippen MR) is 111 cm³/mol. The second-order valence-electron chi connectivity index (χ2n) is 7.86. The SMILES string of the molecule is CN(C(=O)N1CC(c2cc(F)ccc2F)=CC1c1cccc(O)c1)C1CCNCC1. The summed E-state index contributed by atoms with van der Waals surface area (Å²) in [4.78, 5) is 16.8. The molecule has 4 rings (SSSR count). The summed E-state index contributed by atoms with van der Waals surface area (Å²) in [6.45, 7) is 1.88. The third kappa shape index (κ3) is 4.03. The van der Waals surface area contributed by atoms with Gasteiger partial charge in [0.15, 0.2) is 0 Å². The van der Waals surface area contributed by atoms with Crippen molar-refractivity contribution in [3.05, 3.63) is 71.3 Å². The number of phenolic OH excluding ortho intramolecular Hbond substituents is 1. The van der Waals surface area contributed by atoms with Gasteiger partial charge < -0.3 is 20.2 Å². The van der Waals surface area contributed by atoms with Gasteiger partial charge in [-0.2, -0.15) is 0 Å². The molecule has 1 fully saturated rings. The highest BCUT2D eigenvalue weighted by Crippen LogP contribution is 2.37. The van der Waals surface area contributed by atoms with Crippen molar-refractivity contribution < 1.29 is 18.7 Å². The normalized spacial score (nSPS) is 19.6. The maximum absolute atomic E-state index is 14.4. The van der Waals surface area contributed by atoms with Crippen LogP contribution < -0.4 is 5.32 Å². The van der Waals surface area contributed by atoms with E-state index in [4.69, 9.17) is 0 Å². The Morgan fingerprint density at radius 2 is 1.93 bits per heavy atom. The van der Waals surface area contributed by atoms with E-state index in [1.165, 1.54) is 0 Å². The summed E-state index contributed by atoms with van der Waals surface area (Å²) in [6, 6.07) is 9.48. The Bertz CT molecular complexity index is 973. The van der Waals surface area contributed by atoms with Gasteiger partial charge in [-0.25, -0.2) is 13.6 Å². The van der Waals surface area contributed by atoms with Crippen LogP contribution in [0.2, 0.25) is 0 Å². The van der Waals surface area contributed by atoms with E-state index in [-0.39, 0.29) is 29.9 Å². The Kier molecular flexibility index (Phi) is 5.72. The highest BCUT2D eigenvalue weighted by Gasteiger charge is 2.35. The molecule has 2 heterocycles. The molecule has 7 heteroatoms. The summed E-state index contributed by atoms with van der Waals surface area (Å²) in [5, 5.41) is 13.2. The van der Waals surface area contributed by atoms with E-state index in [1.54, 1.807) is 41.1 Å². The van der Waals surface area contributed by atoms with Crippen molar-refractivity contribution in [2.45, 2.75) is 24.9 Å². The number of halogens is 2. The van der Waals surface area contributed by atoms with Gasteiger partial charge in [0.25, 0.3) is 0 Å². The summed E-state index contributed by atoms with van der Waals surface area (Å²) in [5.74, 6) is -0.971. The van der Waals surface area contributed by atoms with Crippen LogP contribution in [-0.2, 0) is 0 Å². The molecule has 1 saturated heterocycles. The molecule has 2 aliphatic heterocycles. The number of piperidine rings is 1. The van der Waals surface area contributed by atoms with Gasteiger partial charge in [-0.1, -0.05) is 18.2 Å². The summed E-state index contributed by atoms with van der Waals surface area (Å²) in [7, 11) is 1.79. The van der Waals surface area contributed by atoms with E-state index >= 15 is 0 Å². The van der Waals surface area contributed by atoms with E-state index in [2.05, 4.69) is 5.32 Å². The minimum Gasteiger partial charge on any atom is -0.508 e. The third-order valence-corrected chi connectivity index (χ3v) is 5.93. The zero-order valence-corrected chi connectivity index (χ0v) is 16.8. The van der Waals surface area contributed by atoms with Crippen LogP contribution in [0.3, 0.4) is 0 Å². The maximum atomic E-state index is 14.4. The number of amides is 2. The molecule has 2 N–H and O–H groups in total. The number of hydrogen-bond donors (Lipinski definition) is 2. The minimum absolute atomic E-state index is 0.0883. The molecule has 2 aromatic rings. The zero-order chi connectivity index (χ0) is 21.3. The zero-order valence-electron chi connectivity index (χ0n) is 16.8. The van der Waals surface area contributed by atoms with E-state index in [0.717, 1.165) is 44.1 Å². The number of hydrogen-bond acceptors (Lipinski definition) is 3. The van der Waals surface area contributed by atoms with Gasteiger partial charge in [0.2, 0.25) is 0 Å².